The summed E-state index contributed by atoms with van der Waals surface area (Å²) < 4.78 is 0. The zero-order chi connectivity index (χ0) is 14.2. The lowest BCUT2D eigenvalue weighted by Crippen LogP contribution is -2.31. The van der Waals surface area contributed by atoms with Gasteiger partial charge in [0.25, 0.3) is 0 Å². The first-order valence-corrected chi connectivity index (χ1v) is 7.77. The Morgan fingerprint density at radius 3 is 3.00 bits per heavy atom. The zero-order valence-corrected chi connectivity index (χ0v) is 12.4. The van der Waals surface area contributed by atoms with Gasteiger partial charge in [-0.05, 0) is 31.4 Å². The Bertz CT molecular complexity index is 664. The van der Waals surface area contributed by atoms with Crippen molar-refractivity contribution >= 4 is 0 Å². The molecule has 1 aliphatic heterocycles. The summed E-state index contributed by atoms with van der Waals surface area (Å²) in [5.74, 6) is 1.72. The molecule has 4 nitrogen and oxygen atoms in total. The van der Waals surface area contributed by atoms with E-state index in [0.717, 1.165) is 37.6 Å². The van der Waals surface area contributed by atoms with Crippen molar-refractivity contribution in [2.24, 2.45) is 0 Å². The van der Waals surface area contributed by atoms with E-state index < -0.39 is 0 Å². The summed E-state index contributed by atoms with van der Waals surface area (Å²) in [5, 5.41) is 0. The molecule has 0 radical (unpaired) electrons. The molecule has 0 aromatic carbocycles. The third kappa shape index (κ3) is 2.68. The molecule has 108 valence electrons. The van der Waals surface area contributed by atoms with E-state index in [1.807, 2.05) is 12.3 Å². The number of aromatic nitrogens is 3. The van der Waals surface area contributed by atoms with Gasteiger partial charge in [0.15, 0.2) is 0 Å². The van der Waals surface area contributed by atoms with Crippen LogP contribution in [0.3, 0.4) is 0 Å². The molecule has 1 fully saturated rings. The maximum Gasteiger partial charge on any atom is 0.131 e. The van der Waals surface area contributed by atoms with Crippen molar-refractivity contribution in [1.29, 1.82) is 0 Å². The van der Waals surface area contributed by atoms with E-state index in [9.17, 15) is 0 Å². The lowest BCUT2D eigenvalue weighted by Gasteiger charge is -2.28. The van der Waals surface area contributed by atoms with E-state index in [-0.39, 0.29) is 0 Å². The van der Waals surface area contributed by atoms with E-state index in [2.05, 4.69) is 34.1 Å². The molecule has 2 aromatic heterocycles. The fourth-order valence-electron chi connectivity index (χ4n) is 2.99. The lowest BCUT2D eigenvalue weighted by atomic mass is 10.1. The highest BCUT2D eigenvalue weighted by Gasteiger charge is 2.28. The van der Waals surface area contributed by atoms with E-state index in [0.29, 0.717) is 5.92 Å². The van der Waals surface area contributed by atoms with E-state index >= 15 is 0 Å². The van der Waals surface area contributed by atoms with Crippen LogP contribution < -0.4 is 0 Å². The summed E-state index contributed by atoms with van der Waals surface area (Å²) in [7, 11) is 0. The Kier molecular flexibility index (Phi) is 3.19. The molecule has 3 heterocycles. The number of aryl methyl sites for hydroxylation is 1. The molecular weight excluding hydrogens is 260 g/mol. The van der Waals surface area contributed by atoms with Gasteiger partial charge in [-0.2, -0.15) is 0 Å². The summed E-state index contributed by atoms with van der Waals surface area (Å²) in [6.07, 6.45) is 7.49. The fraction of sp³-hybridized carbons (Fsp3) is 0.471. The number of fused-ring (bicyclic) bond motifs is 1. The van der Waals surface area contributed by atoms with E-state index in [4.69, 9.17) is 4.98 Å². The van der Waals surface area contributed by atoms with Gasteiger partial charge in [0, 0.05) is 61.3 Å². The first-order valence-electron chi connectivity index (χ1n) is 7.77. The van der Waals surface area contributed by atoms with Gasteiger partial charge in [0.2, 0.25) is 0 Å². The first-order chi connectivity index (χ1) is 10.3. The van der Waals surface area contributed by atoms with Crippen LogP contribution in [-0.2, 0) is 19.5 Å². The number of hydrogen-bond donors (Lipinski definition) is 0. The van der Waals surface area contributed by atoms with Gasteiger partial charge in [-0.3, -0.25) is 9.88 Å². The highest BCUT2D eigenvalue weighted by Crippen LogP contribution is 2.38. The first kappa shape index (κ1) is 12.9. The van der Waals surface area contributed by atoms with Gasteiger partial charge in [0.05, 0.1) is 0 Å². The molecule has 21 heavy (non-hydrogen) atoms. The SMILES string of the molecule is Cc1ncccc1CN1CCc2nc(C3CC3)ncc2C1. The Labute approximate surface area is 125 Å². The summed E-state index contributed by atoms with van der Waals surface area (Å²) in [5.41, 5.74) is 5.01. The van der Waals surface area contributed by atoms with Gasteiger partial charge in [0.1, 0.15) is 5.82 Å². The molecular formula is C17H20N4. The summed E-state index contributed by atoms with van der Waals surface area (Å²) in [4.78, 5) is 16.2. The average Bonchev–Trinajstić information content (AvgIpc) is 3.34. The van der Waals surface area contributed by atoms with Crippen molar-refractivity contribution in [1.82, 2.24) is 19.9 Å². The molecule has 4 rings (SSSR count). The average molecular weight is 280 g/mol. The smallest absolute Gasteiger partial charge is 0.131 e. The molecule has 0 amide bonds. The molecule has 2 aliphatic rings. The molecule has 0 N–H and O–H groups in total. The van der Waals surface area contributed by atoms with Gasteiger partial charge in [-0.15, -0.1) is 0 Å². The second kappa shape index (κ2) is 5.19. The second-order valence-corrected chi connectivity index (χ2v) is 6.18. The molecule has 0 saturated heterocycles. The number of pyridine rings is 1. The van der Waals surface area contributed by atoms with Gasteiger partial charge in [-0.1, -0.05) is 6.07 Å². The molecule has 1 aliphatic carbocycles. The van der Waals surface area contributed by atoms with Crippen molar-refractivity contribution < 1.29 is 0 Å². The van der Waals surface area contributed by atoms with Crippen LogP contribution in [0.2, 0.25) is 0 Å². The monoisotopic (exact) mass is 280 g/mol. The van der Waals surface area contributed by atoms with Crippen LogP contribution in [0.4, 0.5) is 0 Å². The van der Waals surface area contributed by atoms with Crippen LogP contribution in [0.1, 0.15) is 47.1 Å². The lowest BCUT2D eigenvalue weighted by molar-refractivity contribution is 0.242. The molecule has 0 unspecified atom stereocenters. The number of hydrogen-bond acceptors (Lipinski definition) is 4. The second-order valence-electron chi connectivity index (χ2n) is 6.18. The van der Waals surface area contributed by atoms with Crippen molar-refractivity contribution in [3.05, 3.63) is 52.9 Å². The Hall–Kier alpha value is -1.81. The molecule has 2 aromatic rings. The summed E-state index contributed by atoms with van der Waals surface area (Å²) in [6, 6.07) is 4.19. The highest BCUT2D eigenvalue weighted by atomic mass is 15.1. The minimum Gasteiger partial charge on any atom is -0.294 e. The predicted molar refractivity (Wildman–Crippen MR) is 80.8 cm³/mol. The quantitative estimate of drug-likeness (QED) is 0.866. The summed E-state index contributed by atoms with van der Waals surface area (Å²) >= 11 is 0. The van der Waals surface area contributed by atoms with Gasteiger partial charge in [-0.25, -0.2) is 9.97 Å². The molecule has 1 saturated carbocycles. The third-order valence-electron chi connectivity index (χ3n) is 4.48. The van der Waals surface area contributed by atoms with Gasteiger partial charge < -0.3 is 0 Å². The van der Waals surface area contributed by atoms with Crippen LogP contribution in [0.5, 0.6) is 0 Å². The van der Waals surface area contributed by atoms with Crippen molar-refractivity contribution in [3.63, 3.8) is 0 Å². The largest absolute Gasteiger partial charge is 0.294 e. The molecule has 4 heteroatoms. The predicted octanol–water partition coefficient (Wildman–Crippen LogP) is 2.62. The molecule has 0 spiro atoms. The van der Waals surface area contributed by atoms with E-state index in [1.54, 1.807) is 0 Å². The van der Waals surface area contributed by atoms with Crippen LogP contribution in [0, 0.1) is 6.92 Å². The summed E-state index contributed by atoms with van der Waals surface area (Å²) in [6.45, 7) is 5.07. The Morgan fingerprint density at radius 2 is 2.19 bits per heavy atom. The Balaban J connectivity index is 1.50. The van der Waals surface area contributed by atoms with Crippen LogP contribution in [0.25, 0.3) is 0 Å². The van der Waals surface area contributed by atoms with Crippen LogP contribution in [0.15, 0.2) is 24.5 Å². The maximum absolute atomic E-state index is 4.78. The number of nitrogens with zero attached hydrogens (tertiary/aromatic N) is 4. The third-order valence-corrected chi connectivity index (χ3v) is 4.48. The van der Waals surface area contributed by atoms with Crippen LogP contribution in [-0.4, -0.2) is 26.4 Å². The normalized spacial score (nSPS) is 18.5. The molecule has 0 bridgehead atoms. The van der Waals surface area contributed by atoms with Crippen molar-refractivity contribution in [2.45, 2.75) is 45.2 Å². The zero-order valence-electron chi connectivity index (χ0n) is 12.4. The van der Waals surface area contributed by atoms with Crippen molar-refractivity contribution in [3.8, 4) is 0 Å². The minimum absolute atomic E-state index is 0.645. The van der Waals surface area contributed by atoms with E-state index in [1.165, 1.54) is 29.7 Å². The van der Waals surface area contributed by atoms with Crippen molar-refractivity contribution in [2.75, 3.05) is 6.54 Å². The minimum atomic E-state index is 0.645. The highest BCUT2D eigenvalue weighted by molar-refractivity contribution is 5.24. The molecule has 0 atom stereocenters. The Morgan fingerprint density at radius 1 is 1.29 bits per heavy atom. The van der Waals surface area contributed by atoms with Crippen LogP contribution >= 0.6 is 0 Å². The number of rotatable bonds is 3. The standard InChI is InChI=1S/C17H20N4/c1-12-14(3-2-7-18-12)10-21-8-6-16-15(11-21)9-19-17(20-16)13-4-5-13/h2-3,7,9,13H,4-6,8,10-11H2,1H3. The maximum atomic E-state index is 4.78. The van der Waals surface area contributed by atoms with Gasteiger partial charge >= 0.3 is 0 Å². The fourth-order valence-corrected chi connectivity index (χ4v) is 2.99. The topological polar surface area (TPSA) is 41.9 Å².